The van der Waals surface area contributed by atoms with Gasteiger partial charge in [-0.25, -0.2) is 8.78 Å². The number of anilines is 1. The third kappa shape index (κ3) is 3.24. The number of rotatable bonds is 4. The summed E-state index contributed by atoms with van der Waals surface area (Å²) in [5, 5.41) is 14.1. The Morgan fingerprint density at radius 1 is 1.27 bits per heavy atom. The Morgan fingerprint density at radius 2 is 2.00 bits per heavy atom. The topological polar surface area (TPSA) is 65.0 Å². The molecule has 136 valence electrons. The van der Waals surface area contributed by atoms with Crippen molar-refractivity contribution in [2.45, 2.75) is 24.7 Å². The van der Waals surface area contributed by atoms with E-state index in [4.69, 9.17) is 5.41 Å². The second-order valence-corrected chi connectivity index (χ2v) is 6.76. The third-order valence-corrected chi connectivity index (χ3v) is 5.07. The van der Waals surface area contributed by atoms with E-state index in [2.05, 4.69) is 10.6 Å². The summed E-state index contributed by atoms with van der Waals surface area (Å²) in [6.07, 6.45) is 7.12. The normalized spacial score (nSPS) is 26.5. The number of hydrogen-bond acceptors (Lipinski definition) is 4. The molecular formula is C20H21F2N3O. The zero-order valence-corrected chi connectivity index (χ0v) is 14.5. The van der Waals surface area contributed by atoms with E-state index in [0.29, 0.717) is 29.5 Å². The predicted molar refractivity (Wildman–Crippen MR) is 98.9 cm³/mol. The first-order chi connectivity index (χ1) is 12.4. The Morgan fingerprint density at radius 3 is 2.65 bits per heavy atom. The second kappa shape index (κ2) is 6.96. The maximum Gasteiger partial charge on any atom is 0.259 e. The summed E-state index contributed by atoms with van der Waals surface area (Å²) in [6, 6.07) is 6.91. The van der Waals surface area contributed by atoms with E-state index < -0.39 is 11.3 Å². The lowest BCUT2D eigenvalue weighted by Gasteiger charge is -2.42. The van der Waals surface area contributed by atoms with Crippen LogP contribution < -0.4 is 10.6 Å². The molecule has 0 spiro atoms. The standard InChI is InChI=1S/C20H21F2N3O/c1-19(13-24-10-9-20(19,21)22)16-5-7-17(8-6-16)25-11-14-3-2-4-15(12-26)18(14)23/h2-8,11-12,23-25H,9-10,13H2,1H3/b14-11-,23-18?. The number of allylic oxidation sites excluding steroid dienone is 5. The van der Waals surface area contributed by atoms with E-state index in [1.54, 1.807) is 55.6 Å². The molecule has 0 bridgehead atoms. The number of halogens is 2. The smallest absolute Gasteiger partial charge is 0.259 e. The molecule has 6 heteroatoms. The first kappa shape index (κ1) is 18.2. The van der Waals surface area contributed by atoms with E-state index in [9.17, 15) is 13.6 Å². The third-order valence-electron chi connectivity index (χ3n) is 5.07. The van der Waals surface area contributed by atoms with E-state index >= 15 is 0 Å². The Hall–Kier alpha value is -2.60. The molecule has 1 saturated heterocycles. The summed E-state index contributed by atoms with van der Waals surface area (Å²) in [5.41, 5.74) is 1.11. The average molecular weight is 357 g/mol. The van der Waals surface area contributed by atoms with Crippen molar-refractivity contribution >= 4 is 17.7 Å². The molecule has 1 heterocycles. The van der Waals surface area contributed by atoms with Crippen molar-refractivity contribution in [2.24, 2.45) is 0 Å². The van der Waals surface area contributed by atoms with Crippen LogP contribution in [-0.4, -0.2) is 31.0 Å². The Bertz CT molecular complexity index is 809. The van der Waals surface area contributed by atoms with Crippen LogP contribution in [0.15, 0.2) is 59.8 Å². The summed E-state index contributed by atoms with van der Waals surface area (Å²) in [4.78, 5) is 10.9. The lowest BCUT2D eigenvalue weighted by atomic mass is 9.73. The maximum absolute atomic E-state index is 14.4. The highest BCUT2D eigenvalue weighted by Gasteiger charge is 2.52. The molecule has 3 rings (SSSR count). The number of nitrogens with one attached hydrogen (secondary N) is 3. The minimum atomic E-state index is -2.76. The van der Waals surface area contributed by atoms with Crippen LogP contribution in [-0.2, 0) is 10.2 Å². The molecule has 26 heavy (non-hydrogen) atoms. The summed E-state index contributed by atoms with van der Waals surface area (Å²) in [7, 11) is 0. The molecule has 0 radical (unpaired) electrons. The van der Waals surface area contributed by atoms with Crippen molar-refractivity contribution in [3.8, 4) is 0 Å². The molecule has 1 unspecified atom stereocenters. The van der Waals surface area contributed by atoms with Crippen molar-refractivity contribution < 1.29 is 13.6 Å². The lowest BCUT2D eigenvalue weighted by molar-refractivity contribution is -0.104. The van der Waals surface area contributed by atoms with Crippen molar-refractivity contribution in [1.29, 1.82) is 5.41 Å². The zero-order valence-electron chi connectivity index (χ0n) is 14.5. The van der Waals surface area contributed by atoms with Gasteiger partial charge in [0, 0.05) is 42.5 Å². The van der Waals surface area contributed by atoms with Crippen molar-refractivity contribution in [3.63, 3.8) is 0 Å². The molecule has 1 fully saturated rings. The van der Waals surface area contributed by atoms with Crippen molar-refractivity contribution in [3.05, 3.63) is 65.4 Å². The molecule has 2 aliphatic rings. The van der Waals surface area contributed by atoms with Crippen LogP contribution in [0.5, 0.6) is 0 Å². The molecular weight excluding hydrogens is 336 g/mol. The number of carbonyl (C=O) groups excluding carboxylic acids is 1. The van der Waals surface area contributed by atoms with Gasteiger partial charge in [-0.2, -0.15) is 0 Å². The average Bonchev–Trinajstić information content (AvgIpc) is 2.64. The van der Waals surface area contributed by atoms with Crippen molar-refractivity contribution in [2.75, 3.05) is 18.4 Å². The van der Waals surface area contributed by atoms with Gasteiger partial charge in [-0.05, 0) is 30.7 Å². The van der Waals surface area contributed by atoms with Gasteiger partial charge in [0.15, 0.2) is 6.29 Å². The summed E-state index contributed by atoms with van der Waals surface area (Å²) >= 11 is 0. The number of carbonyl (C=O) groups is 1. The fourth-order valence-electron chi connectivity index (χ4n) is 3.20. The number of benzene rings is 1. The van der Waals surface area contributed by atoms with Crippen LogP contribution in [0.2, 0.25) is 0 Å². The van der Waals surface area contributed by atoms with Gasteiger partial charge in [-0.3, -0.25) is 10.2 Å². The SMILES string of the molecule is CC1(c2ccc(N/C=C3/C=CC=C(C=O)C3=N)cc2)CNCCC1(F)F. The van der Waals surface area contributed by atoms with Gasteiger partial charge in [-0.15, -0.1) is 0 Å². The molecule has 0 aromatic heterocycles. The fourth-order valence-corrected chi connectivity index (χ4v) is 3.20. The quantitative estimate of drug-likeness (QED) is 0.722. The van der Waals surface area contributed by atoms with E-state index in [-0.39, 0.29) is 18.7 Å². The fraction of sp³-hybridized carbons (Fsp3) is 0.300. The number of hydrogen-bond donors (Lipinski definition) is 3. The minimum Gasteiger partial charge on any atom is -0.361 e. The predicted octanol–water partition coefficient (Wildman–Crippen LogP) is 3.58. The summed E-state index contributed by atoms with van der Waals surface area (Å²) < 4.78 is 28.8. The van der Waals surface area contributed by atoms with Gasteiger partial charge >= 0.3 is 0 Å². The van der Waals surface area contributed by atoms with Crippen LogP contribution in [0, 0.1) is 5.41 Å². The first-order valence-corrected chi connectivity index (χ1v) is 8.46. The summed E-state index contributed by atoms with van der Waals surface area (Å²) in [6.45, 7) is 2.15. The van der Waals surface area contributed by atoms with Crippen LogP contribution in [0.25, 0.3) is 0 Å². The van der Waals surface area contributed by atoms with Gasteiger partial charge in [-0.1, -0.05) is 24.3 Å². The van der Waals surface area contributed by atoms with Gasteiger partial charge in [0.25, 0.3) is 5.92 Å². The Labute approximate surface area is 151 Å². The Kier molecular flexibility index (Phi) is 4.87. The molecule has 1 aromatic rings. The van der Waals surface area contributed by atoms with Crippen molar-refractivity contribution in [1.82, 2.24) is 5.32 Å². The van der Waals surface area contributed by atoms with Gasteiger partial charge < -0.3 is 10.6 Å². The number of aldehydes is 1. The van der Waals surface area contributed by atoms with Gasteiger partial charge in [0.05, 0.1) is 11.1 Å². The second-order valence-electron chi connectivity index (χ2n) is 6.76. The van der Waals surface area contributed by atoms with E-state index in [0.717, 1.165) is 5.69 Å². The summed E-state index contributed by atoms with van der Waals surface area (Å²) in [5.74, 6) is -2.76. The molecule has 1 aromatic carbocycles. The van der Waals surface area contributed by atoms with E-state index in [1.807, 2.05) is 0 Å². The van der Waals surface area contributed by atoms with E-state index in [1.165, 1.54) is 0 Å². The van der Waals surface area contributed by atoms with Crippen LogP contribution in [0.1, 0.15) is 18.9 Å². The van der Waals surface area contributed by atoms with Crippen LogP contribution in [0.3, 0.4) is 0 Å². The van der Waals surface area contributed by atoms with Gasteiger partial charge in [0.1, 0.15) is 0 Å². The largest absolute Gasteiger partial charge is 0.361 e. The molecule has 1 aliphatic heterocycles. The monoisotopic (exact) mass is 357 g/mol. The highest BCUT2D eigenvalue weighted by atomic mass is 19.3. The molecule has 0 saturated carbocycles. The molecule has 1 atom stereocenters. The van der Waals surface area contributed by atoms with Crippen LogP contribution in [0.4, 0.5) is 14.5 Å². The first-order valence-electron chi connectivity index (χ1n) is 8.46. The Balaban J connectivity index is 1.76. The lowest BCUT2D eigenvalue weighted by Crippen LogP contribution is -2.55. The zero-order chi connectivity index (χ0) is 18.8. The molecule has 0 amide bonds. The maximum atomic E-state index is 14.4. The number of alkyl halides is 2. The minimum absolute atomic E-state index is 0.145. The highest BCUT2D eigenvalue weighted by molar-refractivity contribution is 6.23. The molecule has 3 N–H and O–H groups in total. The number of piperidine rings is 1. The van der Waals surface area contributed by atoms with Crippen LogP contribution >= 0.6 is 0 Å². The molecule has 1 aliphatic carbocycles. The molecule has 4 nitrogen and oxygen atoms in total. The highest BCUT2D eigenvalue weighted by Crippen LogP contribution is 2.43. The van der Waals surface area contributed by atoms with Gasteiger partial charge in [0.2, 0.25) is 0 Å².